The second-order valence-electron chi connectivity index (χ2n) is 4.91. The van der Waals surface area contributed by atoms with Crippen LogP contribution in [-0.4, -0.2) is 40.5 Å². The number of nitrogens with two attached hydrogens (primary N) is 1. The zero-order chi connectivity index (χ0) is 15.1. The van der Waals surface area contributed by atoms with E-state index in [1.807, 2.05) is 44.2 Å². The first-order chi connectivity index (χ1) is 9.45. The standard InChI is InChI=1S/C15H22N2O3/c1-3-11(2)17(10-14(18)19)15(20)13(16)9-12-7-5-4-6-8-12/h4-8,11,13H,3,9-10,16H2,1-2H3,(H,18,19)/t11?,13-/m1/s1. The summed E-state index contributed by atoms with van der Waals surface area (Å²) in [5, 5.41) is 8.91. The fourth-order valence-electron chi connectivity index (χ4n) is 1.99. The molecule has 2 atom stereocenters. The molecule has 3 N–H and O–H groups in total. The van der Waals surface area contributed by atoms with Crippen molar-refractivity contribution in [1.29, 1.82) is 0 Å². The van der Waals surface area contributed by atoms with Gasteiger partial charge in [-0.25, -0.2) is 0 Å². The van der Waals surface area contributed by atoms with Crippen molar-refractivity contribution < 1.29 is 14.7 Å². The first-order valence-corrected chi connectivity index (χ1v) is 6.77. The van der Waals surface area contributed by atoms with Crippen molar-refractivity contribution in [3.05, 3.63) is 35.9 Å². The number of nitrogens with zero attached hydrogens (tertiary/aromatic N) is 1. The topological polar surface area (TPSA) is 83.6 Å². The lowest BCUT2D eigenvalue weighted by molar-refractivity contribution is -0.146. The number of hydrogen-bond donors (Lipinski definition) is 2. The molecule has 0 saturated heterocycles. The van der Waals surface area contributed by atoms with Crippen LogP contribution in [0.15, 0.2) is 30.3 Å². The van der Waals surface area contributed by atoms with E-state index in [2.05, 4.69) is 0 Å². The number of carboxylic acids is 1. The first-order valence-electron chi connectivity index (χ1n) is 6.77. The molecule has 0 fully saturated rings. The summed E-state index contributed by atoms with van der Waals surface area (Å²) in [5.74, 6) is -1.34. The fraction of sp³-hybridized carbons (Fsp3) is 0.467. The Labute approximate surface area is 119 Å². The largest absolute Gasteiger partial charge is 0.480 e. The lowest BCUT2D eigenvalue weighted by Gasteiger charge is -2.29. The van der Waals surface area contributed by atoms with Gasteiger partial charge in [0, 0.05) is 6.04 Å². The maximum Gasteiger partial charge on any atom is 0.323 e. The van der Waals surface area contributed by atoms with Crippen molar-refractivity contribution in [3.63, 3.8) is 0 Å². The average molecular weight is 278 g/mol. The number of carbonyl (C=O) groups excluding carboxylic acids is 1. The van der Waals surface area contributed by atoms with Crippen molar-refractivity contribution in [2.45, 2.75) is 38.8 Å². The minimum Gasteiger partial charge on any atom is -0.480 e. The maximum atomic E-state index is 12.3. The second-order valence-corrected chi connectivity index (χ2v) is 4.91. The lowest BCUT2D eigenvalue weighted by atomic mass is 10.0. The van der Waals surface area contributed by atoms with Crippen LogP contribution in [0, 0.1) is 0 Å². The second kappa shape index (κ2) is 7.65. The molecule has 5 heteroatoms. The van der Waals surface area contributed by atoms with Crippen LogP contribution in [0.4, 0.5) is 0 Å². The summed E-state index contributed by atoms with van der Waals surface area (Å²) in [6.45, 7) is 3.43. The Morgan fingerprint density at radius 3 is 2.40 bits per heavy atom. The summed E-state index contributed by atoms with van der Waals surface area (Å²) in [5.41, 5.74) is 6.90. The smallest absolute Gasteiger partial charge is 0.323 e. The Morgan fingerprint density at radius 2 is 1.90 bits per heavy atom. The van der Waals surface area contributed by atoms with Gasteiger partial charge < -0.3 is 15.7 Å². The maximum absolute atomic E-state index is 12.3. The minimum atomic E-state index is -1.02. The van der Waals surface area contributed by atoms with Crippen molar-refractivity contribution in [1.82, 2.24) is 4.90 Å². The van der Waals surface area contributed by atoms with Crippen LogP contribution in [0.2, 0.25) is 0 Å². The van der Waals surface area contributed by atoms with Gasteiger partial charge in [0.1, 0.15) is 6.54 Å². The number of benzene rings is 1. The third-order valence-corrected chi connectivity index (χ3v) is 3.33. The highest BCUT2D eigenvalue weighted by molar-refractivity contribution is 5.85. The molecular formula is C15H22N2O3. The molecule has 0 aliphatic heterocycles. The number of amides is 1. The highest BCUT2D eigenvalue weighted by Gasteiger charge is 2.26. The van der Waals surface area contributed by atoms with Gasteiger partial charge >= 0.3 is 5.97 Å². The highest BCUT2D eigenvalue weighted by atomic mass is 16.4. The average Bonchev–Trinajstić information content (AvgIpc) is 2.44. The molecule has 5 nitrogen and oxygen atoms in total. The van der Waals surface area contributed by atoms with Crippen LogP contribution in [0.1, 0.15) is 25.8 Å². The Kier molecular flexibility index (Phi) is 6.18. The minimum absolute atomic E-state index is 0.138. The summed E-state index contributed by atoms with van der Waals surface area (Å²) < 4.78 is 0. The quantitative estimate of drug-likeness (QED) is 0.786. The van der Waals surface area contributed by atoms with Gasteiger partial charge in [-0.05, 0) is 25.3 Å². The number of carbonyl (C=O) groups is 2. The van der Waals surface area contributed by atoms with Crippen LogP contribution in [0.5, 0.6) is 0 Å². The number of carboxylic acid groups (broad SMARTS) is 1. The van der Waals surface area contributed by atoms with Gasteiger partial charge in [0.15, 0.2) is 0 Å². The van der Waals surface area contributed by atoms with Crippen molar-refractivity contribution >= 4 is 11.9 Å². The van der Waals surface area contributed by atoms with Gasteiger partial charge in [-0.2, -0.15) is 0 Å². The van der Waals surface area contributed by atoms with Gasteiger partial charge in [0.05, 0.1) is 6.04 Å². The predicted octanol–water partition coefficient (Wildman–Crippen LogP) is 1.27. The molecule has 1 unspecified atom stereocenters. The number of aliphatic carboxylic acids is 1. The molecule has 1 amide bonds. The third kappa shape index (κ3) is 4.66. The van der Waals surface area contributed by atoms with E-state index < -0.39 is 12.0 Å². The van der Waals surface area contributed by atoms with E-state index in [-0.39, 0.29) is 18.5 Å². The van der Waals surface area contributed by atoms with E-state index in [9.17, 15) is 9.59 Å². The number of rotatable bonds is 7. The summed E-state index contributed by atoms with van der Waals surface area (Å²) in [6.07, 6.45) is 1.10. The molecule has 1 aromatic rings. The SMILES string of the molecule is CCC(C)N(CC(=O)O)C(=O)[C@H](N)Cc1ccccc1. The first kappa shape index (κ1) is 16.2. The van der Waals surface area contributed by atoms with Gasteiger partial charge in [0.25, 0.3) is 0 Å². The molecule has 0 spiro atoms. The van der Waals surface area contributed by atoms with E-state index in [0.717, 1.165) is 5.56 Å². The Hall–Kier alpha value is -1.88. The van der Waals surface area contributed by atoms with E-state index in [1.54, 1.807) is 0 Å². The fourth-order valence-corrected chi connectivity index (χ4v) is 1.99. The molecule has 0 aliphatic carbocycles. The van der Waals surface area contributed by atoms with Crippen LogP contribution in [-0.2, 0) is 16.0 Å². The van der Waals surface area contributed by atoms with E-state index in [1.165, 1.54) is 4.90 Å². The monoisotopic (exact) mass is 278 g/mol. The molecular weight excluding hydrogens is 256 g/mol. The summed E-state index contributed by atoms with van der Waals surface area (Å²) in [6, 6.07) is 8.61. The zero-order valence-electron chi connectivity index (χ0n) is 12.0. The summed E-state index contributed by atoms with van der Waals surface area (Å²) in [4.78, 5) is 24.5. The van der Waals surface area contributed by atoms with Crippen molar-refractivity contribution in [3.8, 4) is 0 Å². The van der Waals surface area contributed by atoms with Gasteiger partial charge in [0.2, 0.25) is 5.91 Å². The third-order valence-electron chi connectivity index (χ3n) is 3.33. The molecule has 0 heterocycles. The molecule has 0 bridgehead atoms. The van der Waals surface area contributed by atoms with Gasteiger partial charge in [-0.1, -0.05) is 37.3 Å². The predicted molar refractivity (Wildman–Crippen MR) is 77.2 cm³/mol. The molecule has 1 rings (SSSR count). The highest BCUT2D eigenvalue weighted by Crippen LogP contribution is 2.09. The van der Waals surface area contributed by atoms with Crippen LogP contribution < -0.4 is 5.73 Å². The lowest BCUT2D eigenvalue weighted by Crippen LogP contribution is -2.50. The molecule has 0 saturated carbocycles. The summed E-state index contributed by atoms with van der Waals surface area (Å²) >= 11 is 0. The Balaban J connectivity index is 2.75. The molecule has 1 aromatic carbocycles. The molecule has 20 heavy (non-hydrogen) atoms. The molecule has 110 valence electrons. The van der Waals surface area contributed by atoms with Crippen LogP contribution in [0.25, 0.3) is 0 Å². The van der Waals surface area contributed by atoms with Crippen molar-refractivity contribution in [2.24, 2.45) is 5.73 Å². The van der Waals surface area contributed by atoms with Crippen LogP contribution >= 0.6 is 0 Å². The summed E-state index contributed by atoms with van der Waals surface area (Å²) in [7, 11) is 0. The molecule has 0 aromatic heterocycles. The number of hydrogen-bond acceptors (Lipinski definition) is 3. The zero-order valence-corrected chi connectivity index (χ0v) is 12.0. The van der Waals surface area contributed by atoms with E-state index in [4.69, 9.17) is 10.8 Å². The van der Waals surface area contributed by atoms with Gasteiger partial charge in [-0.3, -0.25) is 9.59 Å². The van der Waals surface area contributed by atoms with E-state index >= 15 is 0 Å². The Morgan fingerprint density at radius 1 is 1.30 bits per heavy atom. The normalized spacial score (nSPS) is 13.6. The van der Waals surface area contributed by atoms with E-state index in [0.29, 0.717) is 12.8 Å². The Bertz CT molecular complexity index is 448. The van der Waals surface area contributed by atoms with Crippen LogP contribution in [0.3, 0.4) is 0 Å². The molecule has 0 radical (unpaired) electrons. The van der Waals surface area contributed by atoms with Gasteiger partial charge in [-0.15, -0.1) is 0 Å². The van der Waals surface area contributed by atoms with Crippen molar-refractivity contribution in [2.75, 3.05) is 6.54 Å². The molecule has 0 aliphatic rings.